The zero-order valence-electron chi connectivity index (χ0n) is 8.21. The Morgan fingerprint density at radius 2 is 1.64 bits per heavy atom. The number of rotatable bonds is 2. The summed E-state index contributed by atoms with van der Waals surface area (Å²) in [5, 5.41) is 0. The van der Waals surface area contributed by atoms with E-state index in [1.165, 1.54) is 35.7 Å². The highest BCUT2D eigenvalue weighted by molar-refractivity contribution is 14.1. The third kappa shape index (κ3) is 2.87. The average Bonchev–Trinajstić information content (AvgIpc) is 2.23. The summed E-state index contributed by atoms with van der Waals surface area (Å²) < 4.78 is 7.17. The molecule has 0 atom stereocenters. The molecule has 0 spiro atoms. The molecule has 1 aliphatic rings. The normalized spacial score (nSPS) is 18.1. The molecule has 0 saturated heterocycles. The average molecular weight is 302 g/mol. The molecule has 0 bridgehead atoms. The van der Waals surface area contributed by atoms with Gasteiger partial charge in [-0.25, -0.2) is 0 Å². The van der Waals surface area contributed by atoms with E-state index in [1.807, 2.05) is 0 Å². The molecule has 0 amide bonds. The second-order valence-corrected chi connectivity index (χ2v) is 5.08. The largest absolute Gasteiger partial charge is 0.490 e. The van der Waals surface area contributed by atoms with Gasteiger partial charge in [-0.3, -0.25) is 0 Å². The Morgan fingerprint density at radius 3 is 2.29 bits per heavy atom. The van der Waals surface area contributed by atoms with E-state index in [1.54, 1.807) is 0 Å². The molecule has 2 heteroatoms. The number of benzene rings is 1. The molecule has 0 aromatic heterocycles. The molecule has 0 aliphatic heterocycles. The number of hydrogen-bond acceptors (Lipinski definition) is 1. The van der Waals surface area contributed by atoms with Gasteiger partial charge in [0.2, 0.25) is 0 Å². The molecule has 1 saturated carbocycles. The van der Waals surface area contributed by atoms with Gasteiger partial charge in [-0.2, -0.15) is 0 Å². The van der Waals surface area contributed by atoms with Crippen LogP contribution in [0.2, 0.25) is 0 Å². The van der Waals surface area contributed by atoms with Gasteiger partial charge in [0.05, 0.1) is 6.10 Å². The number of hydrogen-bond donors (Lipinski definition) is 0. The molecule has 0 heterocycles. The van der Waals surface area contributed by atoms with Gasteiger partial charge in [0.15, 0.2) is 0 Å². The van der Waals surface area contributed by atoms with Crippen LogP contribution in [0.25, 0.3) is 0 Å². The molecule has 14 heavy (non-hydrogen) atoms. The van der Waals surface area contributed by atoms with E-state index in [0.717, 1.165) is 5.75 Å². The first kappa shape index (κ1) is 10.3. The van der Waals surface area contributed by atoms with E-state index in [9.17, 15) is 0 Å². The van der Waals surface area contributed by atoms with Crippen LogP contribution in [-0.2, 0) is 0 Å². The molecule has 1 aromatic rings. The fourth-order valence-electron chi connectivity index (χ4n) is 1.89. The Kier molecular flexibility index (Phi) is 3.67. The minimum absolute atomic E-state index is 0.462. The van der Waals surface area contributed by atoms with Crippen LogP contribution in [-0.4, -0.2) is 6.10 Å². The molecule has 0 N–H and O–H groups in total. The zero-order chi connectivity index (χ0) is 9.80. The van der Waals surface area contributed by atoms with Crippen LogP contribution in [0.1, 0.15) is 32.1 Å². The fourth-order valence-corrected chi connectivity index (χ4v) is 2.25. The fraction of sp³-hybridized carbons (Fsp3) is 0.500. The van der Waals surface area contributed by atoms with Gasteiger partial charge in [-0.05, 0) is 72.5 Å². The van der Waals surface area contributed by atoms with E-state index in [0.29, 0.717) is 6.10 Å². The number of halogens is 1. The highest BCUT2D eigenvalue weighted by Gasteiger charge is 2.14. The Hall–Kier alpha value is -0.250. The summed E-state index contributed by atoms with van der Waals surface area (Å²) in [6, 6.07) is 8.32. The van der Waals surface area contributed by atoms with Crippen LogP contribution in [0.5, 0.6) is 5.75 Å². The summed E-state index contributed by atoms with van der Waals surface area (Å²) >= 11 is 2.31. The van der Waals surface area contributed by atoms with Gasteiger partial charge >= 0.3 is 0 Å². The third-order valence-corrected chi connectivity index (χ3v) is 3.39. The van der Waals surface area contributed by atoms with Crippen molar-refractivity contribution in [1.82, 2.24) is 0 Å². The highest BCUT2D eigenvalue weighted by atomic mass is 127. The van der Waals surface area contributed by atoms with Gasteiger partial charge in [0.1, 0.15) is 5.75 Å². The molecule has 1 fully saturated rings. The van der Waals surface area contributed by atoms with Gasteiger partial charge in [-0.15, -0.1) is 0 Å². The standard InChI is InChI=1S/C12H15IO/c13-10-6-8-12(9-7-10)14-11-4-2-1-3-5-11/h6-9,11H,1-5H2. The predicted molar refractivity (Wildman–Crippen MR) is 66.7 cm³/mol. The van der Waals surface area contributed by atoms with Crippen LogP contribution in [0, 0.1) is 3.57 Å². The Balaban J connectivity index is 1.92. The molecule has 1 nitrogen and oxygen atoms in total. The first-order valence-electron chi connectivity index (χ1n) is 5.27. The van der Waals surface area contributed by atoms with E-state index in [2.05, 4.69) is 46.9 Å². The van der Waals surface area contributed by atoms with Crippen LogP contribution < -0.4 is 4.74 Å². The predicted octanol–water partition coefficient (Wildman–Crippen LogP) is 4.00. The first-order chi connectivity index (χ1) is 6.84. The summed E-state index contributed by atoms with van der Waals surface area (Å²) in [6.07, 6.45) is 6.96. The van der Waals surface area contributed by atoms with Crippen LogP contribution >= 0.6 is 22.6 Å². The van der Waals surface area contributed by atoms with Gasteiger partial charge in [0.25, 0.3) is 0 Å². The lowest BCUT2D eigenvalue weighted by molar-refractivity contribution is 0.155. The molecule has 1 aromatic carbocycles. The molecule has 76 valence electrons. The summed E-state index contributed by atoms with van der Waals surface area (Å²) in [6.45, 7) is 0. The van der Waals surface area contributed by atoms with Crippen molar-refractivity contribution in [3.8, 4) is 5.75 Å². The molecule has 0 radical (unpaired) electrons. The summed E-state index contributed by atoms with van der Waals surface area (Å²) in [7, 11) is 0. The maximum atomic E-state index is 5.91. The molecular weight excluding hydrogens is 287 g/mol. The monoisotopic (exact) mass is 302 g/mol. The van der Waals surface area contributed by atoms with E-state index in [4.69, 9.17) is 4.74 Å². The van der Waals surface area contributed by atoms with Crippen molar-refractivity contribution >= 4 is 22.6 Å². The number of ether oxygens (including phenoxy) is 1. The topological polar surface area (TPSA) is 9.23 Å². The lowest BCUT2D eigenvalue weighted by Crippen LogP contribution is -2.19. The lowest BCUT2D eigenvalue weighted by Gasteiger charge is -2.22. The van der Waals surface area contributed by atoms with Crippen LogP contribution in [0.3, 0.4) is 0 Å². The van der Waals surface area contributed by atoms with Crippen molar-refractivity contribution < 1.29 is 4.74 Å². The lowest BCUT2D eigenvalue weighted by atomic mass is 9.98. The third-order valence-electron chi connectivity index (χ3n) is 2.67. The minimum Gasteiger partial charge on any atom is -0.490 e. The van der Waals surface area contributed by atoms with Crippen molar-refractivity contribution in [2.24, 2.45) is 0 Å². The Bertz CT molecular complexity index is 275. The van der Waals surface area contributed by atoms with Crippen molar-refractivity contribution in [1.29, 1.82) is 0 Å². The Labute approximate surface area is 99.0 Å². The van der Waals surface area contributed by atoms with Crippen molar-refractivity contribution in [3.63, 3.8) is 0 Å². The Morgan fingerprint density at radius 1 is 1.00 bits per heavy atom. The molecular formula is C12H15IO. The SMILES string of the molecule is Ic1ccc(OC2CCCCC2)cc1. The summed E-state index contributed by atoms with van der Waals surface area (Å²) in [4.78, 5) is 0. The molecule has 0 unspecified atom stereocenters. The maximum Gasteiger partial charge on any atom is 0.119 e. The quantitative estimate of drug-likeness (QED) is 0.750. The maximum absolute atomic E-state index is 5.91. The van der Waals surface area contributed by atoms with Crippen LogP contribution in [0.4, 0.5) is 0 Å². The van der Waals surface area contributed by atoms with Crippen molar-refractivity contribution in [2.75, 3.05) is 0 Å². The highest BCUT2D eigenvalue weighted by Crippen LogP contribution is 2.23. The molecule has 2 rings (SSSR count). The van der Waals surface area contributed by atoms with Crippen molar-refractivity contribution in [2.45, 2.75) is 38.2 Å². The van der Waals surface area contributed by atoms with Crippen LogP contribution in [0.15, 0.2) is 24.3 Å². The van der Waals surface area contributed by atoms with Gasteiger partial charge < -0.3 is 4.74 Å². The van der Waals surface area contributed by atoms with Gasteiger partial charge in [-0.1, -0.05) is 6.42 Å². The summed E-state index contributed by atoms with van der Waals surface area (Å²) in [5.74, 6) is 1.03. The second kappa shape index (κ2) is 5.01. The van der Waals surface area contributed by atoms with Crippen molar-refractivity contribution in [3.05, 3.63) is 27.8 Å². The van der Waals surface area contributed by atoms with E-state index in [-0.39, 0.29) is 0 Å². The first-order valence-corrected chi connectivity index (χ1v) is 6.35. The minimum atomic E-state index is 0.462. The zero-order valence-corrected chi connectivity index (χ0v) is 10.4. The summed E-state index contributed by atoms with van der Waals surface area (Å²) in [5.41, 5.74) is 0. The van der Waals surface area contributed by atoms with E-state index >= 15 is 0 Å². The second-order valence-electron chi connectivity index (χ2n) is 3.83. The van der Waals surface area contributed by atoms with Gasteiger partial charge in [0, 0.05) is 3.57 Å². The molecule has 1 aliphatic carbocycles. The van der Waals surface area contributed by atoms with E-state index < -0.39 is 0 Å². The smallest absolute Gasteiger partial charge is 0.119 e.